The molecular formula is C35H55BN2O6. The highest BCUT2D eigenvalue weighted by molar-refractivity contribution is 6.45. The summed E-state index contributed by atoms with van der Waals surface area (Å²) in [6.45, 7) is 6.76. The zero-order valence-electron chi connectivity index (χ0n) is 27.0. The number of aryl methyl sites for hydroxylation is 2. The molecule has 0 aliphatic heterocycles. The van der Waals surface area contributed by atoms with E-state index < -0.39 is 31.3 Å². The molecule has 0 radical (unpaired) electrons. The predicted molar refractivity (Wildman–Crippen MR) is 182 cm³/mol. The maximum atomic E-state index is 11.0. The van der Waals surface area contributed by atoms with Crippen LogP contribution in [-0.4, -0.2) is 75.9 Å². The van der Waals surface area contributed by atoms with Crippen LogP contribution in [0.5, 0.6) is 0 Å². The van der Waals surface area contributed by atoms with Crippen molar-refractivity contribution in [1.29, 1.82) is 0 Å². The number of carbonyl (C=O) groups is 1. The first kappa shape index (κ1) is 39.2. The van der Waals surface area contributed by atoms with Gasteiger partial charge in [-0.1, -0.05) is 112 Å². The first-order valence-electron chi connectivity index (χ1n) is 16.0. The molecule has 2 aromatic carbocycles. The van der Waals surface area contributed by atoms with Crippen LogP contribution in [0.15, 0.2) is 60.7 Å². The number of nitrogens with one attached hydrogen (secondary N) is 2. The standard InChI is InChI=1S/C18H27NO3.C17H28BNO3/c1-3-4-5-6-15-7-9-16(10-8-15)11-12-18(22)17(13-20)19-14(2)21;1-3-4-5-6-14-7-9-15(10-8-14)11-12-17(21)16(13-20)19-18(2)22/h7-12,17-18,20,22H,3-6,13H2,1-2H3,(H,19,21);7-12,16-17,19-22H,3-6,13H2,1-2H3/b2*12-11+/t17-,18+;16-,17+/m11/s1. The van der Waals surface area contributed by atoms with E-state index in [1.807, 2.05) is 30.3 Å². The predicted octanol–water partition coefficient (Wildman–Crippen LogP) is 4.14. The van der Waals surface area contributed by atoms with Crippen LogP contribution in [0.4, 0.5) is 0 Å². The van der Waals surface area contributed by atoms with Crippen LogP contribution in [0, 0.1) is 0 Å². The van der Waals surface area contributed by atoms with Gasteiger partial charge < -0.3 is 36.0 Å². The number of benzene rings is 2. The lowest BCUT2D eigenvalue weighted by atomic mass is 9.86. The Morgan fingerprint density at radius 1 is 0.750 bits per heavy atom. The summed E-state index contributed by atoms with van der Waals surface area (Å²) in [6, 6.07) is 15.2. The molecule has 0 spiro atoms. The minimum absolute atomic E-state index is 0.243. The van der Waals surface area contributed by atoms with Gasteiger partial charge >= 0.3 is 7.05 Å². The van der Waals surface area contributed by atoms with Crippen LogP contribution in [0.3, 0.4) is 0 Å². The smallest absolute Gasteiger partial charge is 0.374 e. The summed E-state index contributed by atoms with van der Waals surface area (Å²) in [4.78, 5) is 11.0. The lowest BCUT2D eigenvalue weighted by Crippen LogP contribution is -2.48. The van der Waals surface area contributed by atoms with Gasteiger partial charge in [-0.3, -0.25) is 4.79 Å². The second kappa shape index (κ2) is 23.6. The number of unbranched alkanes of at least 4 members (excludes halogenated alkanes) is 4. The number of hydrogen-bond donors (Lipinski definition) is 7. The maximum Gasteiger partial charge on any atom is 0.374 e. The first-order valence-corrected chi connectivity index (χ1v) is 16.0. The lowest BCUT2D eigenvalue weighted by Gasteiger charge is -2.20. The first-order chi connectivity index (χ1) is 21.1. The summed E-state index contributed by atoms with van der Waals surface area (Å²) in [6.07, 6.45) is 14.6. The molecule has 2 aromatic rings. The quantitative estimate of drug-likeness (QED) is 0.0936. The van der Waals surface area contributed by atoms with Gasteiger partial charge in [0.15, 0.2) is 0 Å². The van der Waals surface area contributed by atoms with Crippen molar-refractivity contribution in [2.75, 3.05) is 13.2 Å². The molecule has 8 nitrogen and oxygen atoms in total. The number of aliphatic hydroxyl groups is 4. The van der Waals surface area contributed by atoms with Gasteiger partial charge in [-0.25, -0.2) is 0 Å². The Balaban J connectivity index is 0.000000440. The van der Waals surface area contributed by atoms with E-state index in [9.17, 15) is 30.2 Å². The van der Waals surface area contributed by atoms with Crippen LogP contribution in [0.25, 0.3) is 12.2 Å². The van der Waals surface area contributed by atoms with Crippen molar-refractivity contribution in [3.05, 3.63) is 82.9 Å². The SMILES string of the molecule is CCCCCc1ccc(/C=C/[C@H](O)[C@@H](CO)NB(C)O)cc1.CCCCCc1ccc(/C=C/[C@H](O)[C@@H](CO)NC(C)=O)cc1. The van der Waals surface area contributed by atoms with Gasteiger partial charge in [-0.05, 0) is 54.8 Å². The molecule has 7 N–H and O–H groups in total. The molecule has 0 aliphatic rings. The molecule has 9 heteroatoms. The highest BCUT2D eigenvalue weighted by atomic mass is 16.3. The monoisotopic (exact) mass is 610 g/mol. The van der Waals surface area contributed by atoms with Gasteiger partial charge in [0.1, 0.15) is 0 Å². The van der Waals surface area contributed by atoms with Crippen molar-refractivity contribution in [3.63, 3.8) is 0 Å². The van der Waals surface area contributed by atoms with E-state index in [1.165, 1.54) is 56.6 Å². The molecule has 2 rings (SSSR count). The van der Waals surface area contributed by atoms with Crippen LogP contribution in [0.2, 0.25) is 6.82 Å². The lowest BCUT2D eigenvalue weighted by molar-refractivity contribution is -0.120. The molecule has 0 heterocycles. The zero-order valence-corrected chi connectivity index (χ0v) is 27.0. The third kappa shape index (κ3) is 17.5. The number of carbonyl (C=O) groups excluding carboxylic acids is 1. The molecule has 0 aliphatic carbocycles. The number of hydrogen-bond acceptors (Lipinski definition) is 7. The molecule has 1 amide bonds. The van der Waals surface area contributed by atoms with Crippen molar-refractivity contribution >= 4 is 25.1 Å². The largest absolute Gasteiger partial charge is 0.437 e. The van der Waals surface area contributed by atoms with Crippen molar-refractivity contribution in [2.45, 2.75) is 103 Å². The summed E-state index contributed by atoms with van der Waals surface area (Å²) in [5.41, 5.74) is 4.64. The zero-order chi connectivity index (χ0) is 32.7. The van der Waals surface area contributed by atoms with Crippen molar-refractivity contribution in [3.8, 4) is 0 Å². The Hall–Kier alpha value is -2.79. The minimum atomic E-state index is -0.918. The number of aliphatic hydroxyl groups excluding tert-OH is 4. The molecule has 0 fully saturated rings. The molecule has 0 saturated heterocycles. The third-order valence-electron chi connectivity index (χ3n) is 7.13. The summed E-state index contributed by atoms with van der Waals surface area (Å²) in [5, 5.41) is 52.8. The number of rotatable bonds is 19. The molecule has 0 unspecified atom stereocenters. The van der Waals surface area contributed by atoms with Crippen LogP contribution in [0.1, 0.15) is 81.5 Å². The molecular weight excluding hydrogens is 555 g/mol. The van der Waals surface area contributed by atoms with Crippen molar-refractivity contribution in [2.24, 2.45) is 0 Å². The molecule has 44 heavy (non-hydrogen) atoms. The molecule has 0 bridgehead atoms. The fraction of sp³-hybridized carbons (Fsp3) is 0.514. The number of amides is 1. The Morgan fingerprint density at radius 2 is 1.16 bits per heavy atom. The van der Waals surface area contributed by atoms with Gasteiger partial charge in [0.25, 0.3) is 0 Å². The summed E-state index contributed by atoms with van der Waals surface area (Å²) >= 11 is 0. The van der Waals surface area contributed by atoms with E-state index in [-0.39, 0.29) is 19.1 Å². The van der Waals surface area contributed by atoms with Crippen LogP contribution < -0.4 is 10.5 Å². The van der Waals surface area contributed by atoms with Gasteiger partial charge in [0.05, 0.1) is 37.5 Å². The molecule has 4 atom stereocenters. The highest BCUT2D eigenvalue weighted by Gasteiger charge is 2.18. The van der Waals surface area contributed by atoms with E-state index >= 15 is 0 Å². The normalized spacial score (nSPS) is 14.1. The topological polar surface area (TPSA) is 142 Å². The Morgan fingerprint density at radius 3 is 1.50 bits per heavy atom. The molecule has 244 valence electrons. The summed E-state index contributed by atoms with van der Waals surface area (Å²) < 4.78 is 0. The van der Waals surface area contributed by atoms with Crippen molar-refractivity contribution < 1.29 is 30.2 Å². The minimum Gasteiger partial charge on any atom is -0.437 e. The Labute approximate surface area is 265 Å². The second-order valence-electron chi connectivity index (χ2n) is 11.2. The van der Waals surface area contributed by atoms with E-state index in [1.54, 1.807) is 25.1 Å². The summed E-state index contributed by atoms with van der Waals surface area (Å²) in [7, 11) is -0.775. The van der Waals surface area contributed by atoms with E-state index in [0.717, 1.165) is 24.0 Å². The van der Waals surface area contributed by atoms with E-state index in [4.69, 9.17) is 0 Å². The molecule has 0 saturated carbocycles. The third-order valence-corrected chi connectivity index (χ3v) is 7.13. The highest BCUT2D eigenvalue weighted by Crippen LogP contribution is 2.12. The average molecular weight is 611 g/mol. The molecule has 0 aromatic heterocycles. The van der Waals surface area contributed by atoms with Gasteiger partial charge in [-0.2, -0.15) is 0 Å². The van der Waals surface area contributed by atoms with Gasteiger partial charge in [0, 0.05) is 6.92 Å². The fourth-order valence-corrected chi connectivity index (χ4v) is 4.51. The van der Waals surface area contributed by atoms with Crippen LogP contribution in [-0.2, 0) is 17.6 Å². The second-order valence-corrected chi connectivity index (χ2v) is 11.2. The fourth-order valence-electron chi connectivity index (χ4n) is 4.51. The Bertz CT molecular complexity index is 1080. The average Bonchev–Trinajstić information content (AvgIpc) is 3.01. The maximum absolute atomic E-state index is 11.0. The van der Waals surface area contributed by atoms with Gasteiger partial charge in [0.2, 0.25) is 5.91 Å². The summed E-state index contributed by atoms with van der Waals surface area (Å²) in [5.74, 6) is -0.275. The van der Waals surface area contributed by atoms with E-state index in [2.05, 4.69) is 48.7 Å². The van der Waals surface area contributed by atoms with Crippen molar-refractivity contribution in [1.82, 2.24) is 10.5 Å². The van der Waals surface area contributed by atoms with Gasteiger partial charge in [-0.15, -0.1) is 0 Å². The van der Waals surface area contributed by atoms with Crippen LogP contribution >= 0.6 is 0 Å². The Kier molecular flexibility index (Phi) is 21.0. The van der Waals surface area contributed by atoms with E-state index in [0.29, 0.717) is 0 Å².